The van der Waals surface area contributed by atoms with Crippen LogP contribution < -0.4 is 16.8 Å². The minimum absolute atomic E-state index is 0.115. The highest BCUT2D eigenvalue weighted by Crippen LogP contribution is 2.24. The standard InChI is InChI=1S/C14H13N3.C9H18N2O4/c1-3-7-13-10-11(2)15-14(17-13)16-12-8-5-4-6-9-12;1-3-4-9(2,5-14-7(10)12)6-15-8(11)13/h4-6,8-10H,1-2H3,(H,15,16,17);3-6H2,1-2H3,(H2,10,12)(H2,11,13). The van der Waals surface area contributed by atoms with Gasteiger partial charge in [0, 0.05) is 16.8 Å². The number of carbonyl (C=O) groups is 2. The highest BCUT2D eigenvalue weighted by molar-refractivity contribution is 5.65. The molecule has 0 bridgehead atoms. The number of nitrogens with zero attached hydrogens (tertiary/aromatic N) is 2. The Hall–Kier alpha value is -3.80. The molecular formula is C23H31N5O4. The van der Waals surface area contributed by atoms with Gasteiger partial charge in [0.05, 0.1) is 0 Å². The second-order valence-electron chi connectivity index (χ2n) is 7.36. The molecule has 0 unspecified atom stereocenters. The molecule has 9 heteroatoms. The van der Waals surface area contributed by atoms with E-state index in [1.54, 1.807) is 6.92 Å². The van der Waals surface area contributed by atoms with Gasteiger partial charge in [-0.25, -0.2) is 19.6 Å². The van der Waals surface area contributed by atoms with Gasteiger partial charge in [0.2, 0.25) is 5.95 Å². The summed E-state index contributed by atoms with van der Waals surface area (Å²) in [6, 6.07) is 11.7. The van der Waals surface area contributed by atoms with Crippen LogP contribution in [0.15, 0.2) is 36.4 Å². The fraction of sp³-hybridized carbons (Fsp3) is 0.391. The van der Waals surface area contributed by atoms with Crippen molar-refractivity contribution < 1.29 is 19.1 Å². The zero-order valence-corrected chi connectivity index (χ0v) is 19.0. The smallest absolute Gasteiger partial charge is 0.404 e. The molecule has 0 aliphatic carbocycles. The molecule has 32 heavy (non-hydrogen) atoms. The molecule has 0 saturated carbocycles. The van der Waals surface area contributed by atoms with E-state index in [4.69, 9.17) is 20.9 Å². The van der Waals surface area contributed by atoms with Gasteiger partial charge in [-0.1, -0.05) is 44.4 Å². The summed E-state index contributed by atoms with van der Waals surface area (Å²) in [6.45, 7) is 7.77. The van der Waals surface area contributed by atoms with Gasteiger partial charge in [0.25, 0.3) is 0 Å². The van der Waals surface area contributed by atoms with E-state index in [9.17, 15) is 9.59 Å². The van der Waals surface area contributed by atoms with Crippen LogP contribution in [0.4, 0.5) is 21.2 Å². The Labute approximate surface area is 188 Å². The molecule has 2 rings (SSSR count). The van der Waals surface area contributed by atoms with E-state index in [2.05, 4.69) is 27.1 Å². The van der Waals surface area contributed by atoms with Crippen LogP contribution in [0.2, 0.25) is 0 Å². The molecule has 1 aromatic carbocycles. The van der Waals surface area contributed by atoms with Crippen molar-refractivity contribution in [2.45, 2.75) is 40.5 Å². The van der Waals surface area contributed by atoms with Gasteiger partial charge in [-0.15, -0.1) is 0 Å². The highest BCUT2D eigenvalue weighted by Gasteiger charge is 2.26. The maximum absolute atomic E-state index is 10.5. The zero-order chi connectivity index (χ0) is 24.0. The minimum atomic E-state index is -0.837. The number of carbonyl (C=O) groups excluding carboxylic acids is 2. The normalized spacial score (nSPS) is 10.0. The van der Waals surface area contributed by atoms with Crippen LogP contribution in [0.5, 0.6) is 0 Å². The van der Waals surface area contributed by atoms with E-state index in [1.165, 1.54) is 0 Å². The fourth-order valence-corrected chi connectivity index (χ4v) is 2.75. The monoisotopic (exact) mass is 441 g/mol. The van der Waals surface area contributed by atoms with Crippen molar-refractivity contribution in [3.8, 4) is 11.8 Å². The summed E-state index contributed by atoms with van der Waals surface area (Å²) in [5.41, 5.74) is 11.9. The Morgan fingerprint density at radius 1 is 1.09 bits per heavy atom. The Kier molecular flexibility index (Phi) is 11.1. The van der Waals surface area contributed by atoms with Crippen LogP contribution in [0.1, 0.15) is 45.0 Å². The third-order valence-corrected chi connectivity index (χ3v) is 4.12. The Balaban J connectivity index is 0.000000324. The SMILES string of the molecule is CC#Cc1cc(C)nc(Nc2ccccc2)n1.CCCC(C)(COC(N)=O)COC(N)=O. The molecule has 2 aromatic rings. The van der Waals surface area contributed by atoms with Crippen molar-refractivity contribution in [2.24, 2.45) is 16.9 Å². The summed E-state index contributed by atoms with van der Waals surface area (Å²) >= 11 is 0. The van der Waals surface area contributed by atoms with E-state index in [1.807, 2.05) is 57.2 Å². The molecule has 9 nitrogen and oxygen atoms in total. The molecule has 0 fully saturated rings. The molecule has 0 spiro atoms. The lowest BCUT2D eigenvalue weighted by Crippen LogP contribution is -2.33. The maximum Gasteiger partial charge on any atom is 0.404 e. The van der Waals surface area contributed by atoms with Crippen LogP contribution in [0.3, 0.4) is 0 Å². The first-order valence-corrected chi connectivity index (χ1v) is 10.1. The van der Waals surface area contributed by atoms with Crippen molar-refractivity contribution in [1.82, 2.24) is 9.97 Å². The Bertz CT molecular complexity index is 920. The molecule has 1 aromatic heterocycles. The zero-order valence-electron chi connectivity index (χ0n) is 19.0. The summed E-state index contributed by atoms with van der Waals surface area (Å²) in [4.78, 5) is 29.6. The van der Waals surface area contributed by atoms with Crippen molar-refractivity contribution in [3.05, 3.63) is 47.8 Å². The molecule has 0 aliphatic rings. The topological polar surface area (TPSA) is 142 Å². The second kappa shape index (κ2) is 13.5. The fourth-order valence-electron chi connectivity index (χ4n) is 2.75. The molecule has 0 radical (unpaired) electrons. The predicted octanol–water partition coefficient (Wildman–Crippen LogP) is 3.88. The maximum atomic E-state index is 10.5. The Morgan fingerprint density at radius 2 is 1.69 bits per heavy atom. The average Bonchev–Trinajstić information content (AvgIpc) is 2.72. The van der Waals surface area contributed by atoms with Gasteiger partial charge in [-0.3, -0.25) is 0 Å². The molecule has 2 amide bonds. The van der Waals surface area contributed by atoms with E-state index in [0.717, 1.165) is 29.9 Å². The third kappa shape index (κ3) is 10.8. The number of amides is 2. The van der Waals surface area contributed by atoms with Crippen LogP contribution in [-0.4, -0.2) is 35.4 Å². The lowest BCUT2D eigenvalue weighted by Gasteiger charge is -2.27. The van der Waals surface area contributed by atoms with E-state index in [-0.39, 0.29) is 13.2 Å². The molecule has 172 valence electrons. The number of ether oxygens (including phenoxy) is 2. The van der Waals surface area contributed by atoms with Gasteiger partial charge < -0.3 is 26.3 Å². The van der Waals surface area contributed by atoms with Crippen molar-refractivity contribution in [3.63, 3.8) is 0 Å². The summed E-state index contributed by atoms with van der Waals surface area (Å²) in [7, 11) is 0. The molecule has 0 aliphatic heterocycles. The van der Waals surface area contributed by atoms with Crippen molar-refractivity contribution in [1.29, 1.82) is 0 Å². The molecule has 0 atom stereocenters. The van der Waals surface area contributed by atoms with E-state index in [0.29, 0.717) is 5.95 Å². The number of primary amides is 2. The molecule has 5 N–H and O–H groups in total. The van der Waals surface area contributed by atoms with Gasteiger partial charge >= 0.3 is 12.2 Å². The average molecular weight is 442 g/mol. The van der Waals surface area contributed by atoms with Gasteiger partial charge in [-0.2, -0.15) is 0 Å². The third-order valence-electron chi connectivity index (χ3n) is 4.12. The van der Waals surface area contributed by atoms with E-state index < -0.39 is 17.6 Å². The first-order valence-electron chi connectivity index (χ1n) is 10.1. The van der Waals surface area contributed by atoms with Crippen LogP contribution >= 0.6 is 0 Å². The number of nitrogens with one attached hydrogen (secondary N) is 1. The number of rotatable bonds is 8. The number of aromatic nitrogens is 2. The Morgan fingerprint density at radius 3 is 2.19 bits per heavy atom. The quantitative estimate of drug-likeness (QED) is 0.527. The predicted molar refractivity (Wildman–Crippen MR) is 123 cm³/mol. The molecule has 1 heterocycles. The van der Waals surface area contributed by atoms with Gasteiger partial charge in [0.1, 0.15) is 18.9 Å². The second-order valence-corrected chi connectivity index (χ2v) is 7.36. The summed E-state index contributed by atoms with van der Waals surface area (Å²) in [5, 5.41) is 3.15. The highest BCUT2D eigenvalue weighted by atomic mass is 16.6. The summed E-state index contributed by atoms with van der Waals surface area (Å²) < 4.78 is 9.40. The van der Waals surface area contributed by atoms with Crippen LogP contribution in [0, 0.1) is 24.2 Å². The lowest BCUT2D eigenvalue weighted by atomic mass is 9.87. The number of aryl methyl sites for hydroxylation is 1. The minimum Gasteiger partial charge on any atom is -0.449 e. The first-order chi connectivity index (χ1) is 15.2. The summed E-state index contributed by atoms with van der Waals surface area (Å²) in [5.74, 6) is 6.35. The number of anilines is 2. The van der Waals surface area contributed by atoms with Crippen LogP contribution in [-0.2, 0) is 9.47 Å². The molecule has 0 saturated heterocycles. The molecular weight excluding hydrogens is 410 g/mol. The van der Waals surface area contributed by atoms with Crippen molar-refractivity contribution in [2.75, 3.05) is 18.5 Å². The number of nitrogens with two attached hydrogens (primary N) is 2. The first kappa shape index (κ1) is 26.2. The van der Waals surface area contributed by atoms with Crippen molar-refractivity contribution >= 4 is 23.8 Å². The van der Waals surface area contributed by atoms with Crippen LogP contribution in [0.25, 0.3) is 0 Å². The summed E-state index contributed by atoms with van der Waals surface area (Å²) in [6.07, 6.45) is -0.0540. The van der Waals surface area contributed by atoms with Gasteiger partial charge in [0.15, 0.2) is 0 Å². The number of hydrogen-bond donors (Lipinski definition) is 3. The van der Waals surface area contributed by atoms with E-state index >= 15 is 0 Å². The number of para-hydroxylation sites is 1. The lowest BCUT2D eigenvalue weighted by molar-refractivity contribution is 0.0367. The largest absolute Gasteiger partial charge is 0.449 e. The number of benzene rings is 1. The van der Waals surface area contributed by atoms with Gasteiger partial charge in [-0.05, 0) is 44.4 Å². The number of hydrogen-bond acceptors (Lipinski definition) is 7.